The molecule has 1 aliphatic rings. The van der Waals surface area contributed by atoms with Crippen LogP contribution < -0.4 is 5.32 Å². The van der Waals surface area contributed by atoms with Gasteiger partial charge in [0.05, 0.1) is 11.4 Å². The van der Waals surface area contributed by atoms with Gasteiger partial charge in [-0.1, -0.05) is 23.4 Å². The number of thiophene rings is 1. The van der Waals surface area contributed by atoms with Gasteiger partial charge in [-0.2, -0.15) is 11.3 Å². The second-order valence-electron chi connectivity index (χ2n) is 5.66. The highest BCUT2D eigenvalue weighted by molar-refractivity contribution is 7.07. The summed E-state index contributed by atoms with van der Waals surface area (Å²) in [4.78, 5) is 12.5. The molecule has 3 aromatic rings. The number of carbonyl (C=O) groups is 1. The van der Waals surface area contributed by atoms with Crippen LogP contribution >= 0.6 is 11.3 Å². The Balaban J connectivity index is 1.61. The number of para-hydroxylation sites is 1. The predicted molar refractivity (Wildman–Crippen MR) is 88.8 cm³/mol. The van der Waals surface area contributed by atoms with Gasteiger partial charge < -0.3 is 5.32 Å². The van der Waals surface area contributed by atoms with E-state index < -0.39 is 0 Å². The van der Waals surface area contributed by atoms with Gasteiger partial charge >= 0.3 is 0 Å². The summed E-state index contributed by atoms with van der Waals surface area (Å²) in [6, 6.07) is 11.9. The number of nitrogens with zero attached hydrogens (tertiary/aromatic N) is 3. The Hall–Kier alpha value is -2.47. The summed E-state index contributed by atoms with van der Waals surface area (Å²) in [7, 11) is 0. The molecule has 6 heteroatoms. The van der Waals surface area contributed by atoms with Crippen molar-refractivity contribution in [2.75, 3.05) is 0 Å². The zero-order chi connectivity index (χ0) is 15.6. The van der Waals surface area contributed by atoms with E-state index in [1.807, 2.05) is 47.2 Å². The SMILES string of the molecule is O=C(NCc1ccsc1)c1nnn(-c2ccccc2)c1C1CC1. The number of hydrogen-bond donors (Lipinski definition) is 1. The van der Waals surface area contributed by atoms with E-state index in [9.17, 15) is 4.79 Å². The summed E-state index contributed by atoms with van der Waals surface area (Å²) in [5.74, 6) is 0.229. The molecule has 0 atom stereocenters. The van der Waals surface area contributed by atoms with Gasteiger partial charge in [0.15, 0.2) is 5.69 Å². The van der Waals surface area contributed by atoms with Crippen molar-refractivity contribution in [3.8, 4) is 5.69 Å². The highest BCUT2D eigenvalue weighted by Crippen LogP contribution is 2.41. The molecule has 0 unspecified atom stereocenters. The fourth-order valence-electron chi connectivity index (χ4n) is 2.59. The van der Waals surface area contributed by atoms with Crippen LogP contribution in [-0.2, 0) is 6.54 Å². The van der Waals surface area contributed by atoms with E-state index in [4.69, 9.17) is 0 Å². The summed E-state index contributed by atoms with van der Waals surface area (Å²) in [6.45, 7) is 0.518. The van der Waals surface area contributed by atoms with Crippen molar-refractivity contribution in [2.45, 2.75) is 25.3 Å². The van der Waals surface area contributed by atoms with Gasteiger partial charge in [0.25, 0.3) is 5.91 Å². The highest BCUT2D eigenvalue weighted by Gasteiger charge is 2.34. The van der Waals surface area contributed by atoms with E-state index in [2.05, 4.69) is 15.6 Å². The molecule has 1 aliphatic carbocycles. The van der Waals surface area contributed by atoms with E-state index in [-0.39, 0.29) is 5.91 Å². The number of hydrogen-bond acceptors (Lipinski definition) is 4. The summed E-state index contributed by atoms with van der Waals surface area (Å²) in [5.41, 5.74) is 3.43. The lowest BCUT2D eigenvalue weighted by atomic mass is 10.2. The Kier molecular flexibility index (Phi) is 3.67. The minimum atomic E-state index is -0.153. The van der Waals surface area contributed by atoms with E-state index in [1.54, 1.807) is 16.0 Å². The van der Waals surface area contributed by atoms with Crippen LogP contribution in [0.5, 0.6) is 0 Å². The van der Waals surface area contributed by atoms with Crippen LogP contribution in [-0.4, -0.2) is 20.9 Å². The van der Waals surface area contributed by atoms with Crippen LogP contribution in [0.1, 0.15) is 40.5 Å². The zero-order valence-corrected chi connectivity index (χ0v) is 13.3. The van der Waals surface area contributed by atoms with Crippen molar-refractivity contribution in [3.05, 3.63) is 64.1 Å². The quantitative estimate of drug-likeness (QED) is 0.784. The van der Waals surface area contributed by atoms with Crippen LogP contribution in [0.3, 0.4) is 0 Å². The van der Waals surface area contributed by atoms with Gasteiger partial charge in [-0.3, -0.25) is 4.79 Å². The molecule has 5 nitrogen and oxygen atoms in total. The van der Waals surface area contributed by atoms with Crippen molar-refractivity contribution in [2.24, 2.45) is 0 Å². The molecular weight excluding hydrogens is 308 g/mol. The van der Waals surface area contributed by atoms with Crippen LogP contribution in [0.4, 0.5) is 0 Å². The van der Waals surface area contributed by atoms with E-state index in [0.29, 0.717) is 18.2 Å². The summed E-state index contributed by atoms with van der Waals surface area (Å²) >= 11 is 1.62. The van der Waals surface area contributed by atoms with Gasteiger partial charge in [0.2, 0.25) is 0 Å². The van der Waals surface area contributed by atoms with E-state index in [1.165, 1.54) is 0 Å². The Bertz CT molecular complexity index is 807. The Labute approximate surface area is 138 Å². The molecule has 1 aromatic carbocycles. The summed E-state index contributed by atoms with van der Waals surface area (Å²) < 4.78 is 1.80. The molecule has 0 spiro atoms. The fourth-order valence-corrected chi connectivity index (χ4v) is 3.26. The van der Waals surface area contributed by atoms with Gasteiger partial charge in [-0.15, -0.1) is 5.10 Å². The first-order valence-electron chi connectivity index (χ1n) is 7.63. The first kappa shape index (κ1) is 14.1. The lowest BCUT2D eigenvalue weighted by Gasteiger charge is -2.07. The Morgan fingerprint density at radius 3 is 2.78 bits per heavy atom. The molecule has 116 valence electrons. The molecule has 2 aromatic heterocycles. The van der Waals surface area contributed by atoms with Crippen LogP contribution in [0.15, 0.2) is 47.2 Å². The van der Waals surface area contributed by atoms with Gasteiger partial charge in [-0.05, 0) is 47.4 Å². The molecule has 1 saturated carbocycles. The Morgan fingerprint density at radius 2 is 2.09 bits per heavy atom. The van der Waals surface area contributed by atoms with Crippen molar-refractivity contribution in [3.63, 3.8) is 0 Å². The average Bonchev–Trinajstić information content (AvgIpc) is 3.12. The maximum Gasteiger partial charge on any atom is 0.274 e. The normalized spacial score (nSPS) is 13.9. The number of nitrogens with one attached hydrogen (secondary N) is 1. The lowest BCUT2D eigenvalue weighted by molar-refractivity contribution is 0.0945. The molecule has 0 bridgehead atoms. The van der Waals surface area contributed by atoms with Crippen molar-refractivity contribution >= 4 is 17.2 Å². The van der Waals surface area contributed by atoms with E-state index >= 15 is 0 Å². The van der Waals surface area contributed by atoms with Gasteiger partial charge in [-0.25, -0.2) is 4.68 Å². The third-order valence-corrected chi connectivity index (χ3v) is 4.65. The standard InChI is InChI=1S/C17H16N4OS/c22-17(18-10-12-8-9-23-11-12)15-16(13-6-7-13)21(20-19-15)14-4-2-1-3-5-14/h1-5,8-9,11,13H,6-7,10H2,(H,18,22). The van der Waals surface area contributed by atoms with Gasteiger partial charge in [0, 0.05) is 12.5 Å². The summed E-state index contributed by atoms with van der Waals surface area (Å²) in [6.07, 6.45) is 2.18. The second-order valence-corrected chi connectivity index (χ2v) is 6.44. The van der Waals surface area contributed by atoms with E-state index in [0.717, 1.165) is 29.8 Å². The first-order chi connectivity index (χ1) is 11.3. The topological polar surface area (TPSA) is 59.8 Å². The maximum absolute atomic E-state index is 12.5. The number of amides is 1. The third kappa shape index (κ3) is 2.90. The molecule has 4 rings (SSSR count). The predicted octanol–water partition coefficient (Wildman–Crippen LogP) is 3.14. The first-order valence-corrected chi connectivity index (χ1v) is 8.57. The molecule has 2 heterocycles. The van der Waals surface area contributed by atoms with Crippen molar-refractivity contribution in [1.82, 2.24) is 20.3 Å². The molecule has 1 N–H and O–H groups in total. The highest BCUT2D eigenvalue weighted by atomic mass is 32.1. The van der Waals surface area contributed by atoms with Crippen molar-refractivity contribution < 1.29 is 4.79 Å². The zero-order valence-electron chi connectivity index (χ0n) is 12.5. The van der Waals surface area contributed by atoms with Gasteiger partial charge in [0.1, 0.15) is 0 Å². The van der Waals surface area contributed by atoms with Crippen LogP contribution in [0, 0.1) is 0 Å². The molecular formula is C17H16N4OS. The fraction of sp³-hybridized carbons (Fsp3) is 0.235. The number of aromatic nitrogens is 3. The summed E-state index contributed by atoms with van der Waals surface area (Å²) in [5, 5.41) is 15.4. The molecule has 1 fully saturated rings. The maximum atomic E-state index is 12.5. The van der Waals surface area contributed by atoms with Crippen LogP contribution in [0.25, 0.3) is 5.69 Å². The number of rotatable bonds is 5. The molecule has 0 aliphatic heterocycles. The molecule has 1 amide bonds. The number of carbonyl (C=O) groups excluding carboxylic acids is 1. The minimum Gasteiger partial charge on any atom is -0.346 e. The lowest BCUT2D eigenvalue weighted by Crippen LogP contribution is -2.24. The van der Waals surface area contributed by atoms with Crippen LogP contribution in [0.2, 0.25) is 0 Å². The third-order valence-electron chi connectivity index (χ3n) is 3.92. The van der Waals surface area contributed by atoms with Crippen molar-refractivity contribution in [1.29, 1.82) is 0 Å². The molecule has 23 heavy (non-hydrogen) atoms. The number of benzene rings is 1. The molecule has 0 radical (unpaired) electrons. The monoisotopic (exact) mass is 324 g/mol. The second kappa shape index (κ2) is 5.96. The minimum absolute atomic E-state index is 0.153. The smallest absolute Gasteiger partial charge is 0.274 e. The Morgan fingerprint density at radius 1 is 1.26 bits per heavy atom. The molecule has 0 saturated heterocycles. The largest absolute Gasteiger partial charge is 0.346 e. The average molecular weight is 324 g/mol.